The summed E-state index contributed by atoms with van der Waals surface area (Å²) in [6, 6.07) is 19.3. The zero-order valence-electron chi connectivity index (χ0n) is 23.5. The lowest BCUT2D eigenvalue weighted by Gasteiger charge is -2.33. The van der Waals surface area contributed by atoms with E-state index in [1.54, 1.807) is 57.4 Å². The van der Waals surface area contributed by atoms with Crippen LogP contribution in [-0.2, 0) is 26.2 Å². The van der Waals surface area contributed by atoms with Gasteiger partial charge in [0, 0.05) is 17.6 Å². The maximum absolute atomic E-state index is 14.1. The van der Waals surface area contributed by atoms with E-state index in [2.05, 4.69) is 5.32 Å². The quantitative estimate of drug-likeness (QED) is 0.322. The third-order valence-electron chi connectivity index (χ3n) is 7.42. The number of carbonyl (C=O) groups excluding carboxylic acids is 2. The van der Waals surface area contributed by atoms with Crippen LogP contribution in [0.2, 0.25) is 5.02 Å². The van der Waals surface area contributed by atoms with Gasteiger partial charge in [0.05, 0.1) is 17.7 Å². The third kappa shape index (κ3) is 7.40. The average molecular weight is 598 g/mol. The number of hydrogen-bond donors (Lipinski definition) is 1. The highest BCUT2D eigenvalue weighted by atomic mass is 35.5. The van der Waals surface area contributed by atoms with Crippen molar-refractivity contribution in [1.82, 2.24) is 10.2 Å². The Labute approximate surface area is 247 Å². The zero-order valence-corrected chi connectivity index (χ0v) is 25.1. The van der Waals surface area contributed by atoms with Gasteiger partial charge in [0.1, 0.15) is 18.3 Å². The van der Waals surface area contributed by atoms with Gasteiger partial charge < -0.3 is 15.0 Å². The number of ether oxygens (including phenoxy) is 1. The van der Waals surface area contributed by atoms with E-state index in [1.165, 1.54) is 29.2 Å². The number of hydrogen-bond acceptors (Lipinski definition) is 5. The first kappa shape index (κ1) is 30.4. The first-order chi connectivity index (χ1) is 19.6. The second-order valence-electron chi connectivity index (χ2n) is 10.3. The molecule has 1 saturated carbocycles. The van der Waals surface area contributed by atoms with Gasteiger partial charge in [-0.15, -0.1) is 0 Å². The monoisotopic (exact) mass is 597 g/mol. The molecule has 0 unspecified atom stereocenters. The van der Waals surface area contributed by atoms with Gasteiger partial charge in [0.25, 0.3) is 10.0 Å². The highest BCUT2D eigenvalue weighted by Gasteiger charge is 2.33. The number of methoxy groups -OCH3 is 1. The van der Waals surface area contributed by atoms with Crippen LogP contribution in [0.1, 0.15) is 43.7 Å². The Bertz CT molecular complexity index is 1470. The van der Waals surface area contributed by atoms with Crippen LogP contribution >= 0.6 is 11.6 Å². The van der Waals surface area contributed by atoms with Gasteiger partial charge in [0.2, 0.25) is 11.8 Å². The predicted octanol–water partition coefficient (Wildman–Crippen LogP) is 5.33. The Morgan fingerprint density at radius 3 is 2.37 bits per heavy atom. The van der Waals surface area contributed by atoms with Gasteiger partial charge >= 0.3 is 0 Å². The minimum absolute atomic E-state index is 0.00400. The molecule has 1 fully saturated rings. The molecule has 0 aliphatic heterocycles. The fourth-order valence-electron chi connectivity index (χ4n) is 5.03. The van der Waals surface area contributed by atoms with Crippen molar-refractivity contribution in [2.45, 2.75) is 63.1 Å². The first-order valence-electron chi connectivity index (χ1n) is 13.7. The van der Waals surface area contributed by atoms with E-state index in [9.17, 15) is 18.0 Å². The number of nitrogens with zero attached hydrogens (tertiary/aromatic N) is 2. The number of carbonyl (C=O) groups is 2. The zero-order chi connectivity index (χ0) is 29.6. The molecule has 2 amide bonds. The van der Waals surface area contributed by atoms with Gasteiger partial charge in [-0.1, -0.05) is 54.8 Å². The van der Waals surface area contributed by atoms with E-state index in [-0.39, 0.29) is 23.4 Å². The lowest BCUT2D eigenvalue weighted by molar-refractivity contribution is -0.139. The Hall–Kier alpha value is -3.56. The SMILES string of the molecule is COc1cccc(CN(C(=O)CN(c2ccccc2C)S(=O)(=O)c2ccc(Cl)cc2)[C@H](C)C(=O)NC2CCCC2)c1. The molecular weight excluding hydrogens is 562 g/mol. The molecule has 1 N–H and O–H groups in total. The molecule has 4 rings (SSSR count). The molecule has 1 aliphatic carbocycles. The summed E-state index contributed by atoms with van der Waals surface area (Å²) in [4.78, 5) is 28.9. The molecule has 218 valence electrons. The van der Waals surface area contributed by atoms with E-state index in [0.717, 1.165) is 35.6 Å². The predicted molar refractivity (Wildman–Crippen MR) is 161 cm³/mol. The van der Waals surface area contributed by atoms with E-state index in [0.29, 0.717) is 22.0 Å². The number of para-hydroxylation sites is 1. The molecule has 0 radical (unpaired) electrons. The first-order valence-corrected chi connectivity index (χ1v) is 15.5. The van der Waals surface area contributed by atoms with Crippen LogP contribution in [0.15, 0.2) is 77.7 Å². The molecule has 0 heterocycles. The topological polar surface area (TPSA) is 96.0 Å². The van der Waals surface area contributed by atoms with Gasteiger partial charge in [-0.2, -0.15) is 0 Å². The number of benzene rings is 3. The summed E-state index contributed by atoms with van der Waals surface area (Å²) in [5, 5.41) is 3.47. The molecule has 10 heteroatoms. The lowest BCUT2D eigenvalue weighted by atomic mass is 10.1. The molecule has 8 nitrogen and oxygen atoms in total. The number of amides is 2. The fraction of sp³-hybridized carbons (Fsp3) is 0.355. The van der Waals surface area contributed by atoms with Crippen LogP contribution < -0.4 is 14.4 Å². The van der Waals surface area contributed by atoms with E-state index in [4.69, 9.17) is 16.3 Å². The molecule has 0 bridgehead atoms. The summed E-state index contributed by atoms with van der Waals surface area (Å²) in [5.74, 6) is -0.163. The second kappa shape index (κ2) is 13.4. The summed E-state index contributed by atoms with van der Waals surface area (Å²) in [6.07, 6.45) is 3.92. The smallest absolute Gasteiger partial charge is 0.264 e. The van der Waals surface area contributed by atoms with Crippen LogP contribution in [0, 0.1) is 6.92 Å². The highest BCUT2D eigenvalue weighted by Crippen LogP contribution is 2.28. The van der Waals surface area contributed by atoms with Crippen molar-refractivity contribution in [2.75, 3.05) is 18.0 Å². The standard InChI is InChI=1S/C31H36ClN3O5S/c1-22-9-4-7-14-29(22)35(41(38,39)28-17-15-25(32)16-18-28)21-30(36)34(20-24-10-8-13-27(19-24)40-3)23(2)31(37)33-26-11-5-6-12-26/h4,7-10,13-19,23,26H,5-6,11-12,20-21H2,1-3H3,(H,33,37)/t23-/m1/s1. The molecule has 1 atom stereocenters. The minimum Gasteiger partial charge on any atom is -0.497 e. The Balaban J connectivity index is 1.70. The Morgan fingerprint density at radius 2 is 1.71 bits per heavy atom. The van der Waals surface area contributed by atoms with Gasteiger partial charge in [-0.25, -0.2) is 8.42 Å². The van der Waals surface area contributed by atoms with E-state index < -0.39 is 28.5 Å². The average Bonchev–Trinajstić information content (AvgIpc) is 3.48. The van der Waals surface area contributed by atoms with Gasteiger partial charge in [0.15, 0.2) is 0 Å². The highest BCUT2D eigenvalue weighted by molar-refractivity contribution is 7.92. The summed E-state index contributed by atoms with van der Waals surface area (Å²) >= 11 is 6.02. The molecule has 0 spiro atoms. The summed E-state index contributed by atoms with van der Waals surface area (Å²) in [6.45, 7) is 3.06. The van der Waals surface area contributed by atoms with Crippen LogP contribution in [0.4, 0.5) is 5.69 Å². The second-order valence-corrected chi connectivity index (χ2v) is 12.6. The number of rotatable bonds is 11. The lowest BCUT2D eigenvalue weighted by Crippen LogP contribution is -2.52. The summed E-state index contributed by atoms with van der Waals surface area (Å²) in [5.41, 5.74) is 1.81. The van der Waals surface area contributed by atoms with Crippen molar-refractivity contribution in [2.24, 2.45) is 0 Å². The molecule has 3 aromatic carbocycles. The number of anilines is 1. The number of sulfonamides is 1. The van der Waals surface area contributed by atoms with E-state index in [1.807, 2.05) is 12.1 Å². The summed E-state index contributed by atoms with van der Waals surface area (Å²) in [7, 11) is -2.61. The van der Waals surface area contributed by atoms with Crippen LogP contribution in [-0.4, -0.2) is 50.9 Å². The van der Waals surface area contributed by atoms with Gasteiger partial charge in [-0.05, 0) is 80.3 Å². The van der Waals surface area contributed by atoms with Crippen molar-refractivity contribution >= 4 is 39.1 Å². The summed E-state index contributed by atoms with van der Waals surface area (Å²) < 4.78 is 34.3. The number of nitrogens with one attached hydrogen (secondary N) is 1. The fourth-order valence-corrected chi connectivity index (χ4v) is 6.64. The minimum atomic E-state index is -4.16. The van der Waals surface area contributed by atoms with Crippen molar-refractivity contribution < 1.29 is 22.7 Å². The van der Waals surface area contributed by atoms with Crippen molar-refractivity contribution in [1.29, 1.82) is 0 Å². The number of aryl methyl sites for hydroxylation is 1. The van der Waals surface area contributed by atoms with E-state index >= 15 is 0 Å². The normalized spacial score (nSPS) is 14.3. The molecular formula is C31H36ClN3O5S. The maximum Gasteiger partial charge on any atom is 0.264 e. The Kier molecular flexibility index (Phi) is 9.94. The Morgan fingerprint density at radius 1 is 1.02 bits per heavy atom. The van der Waals surface area contributed by atoms with Crippen LogP contribution in [0.3, 0.4) is 0 Å². The third-order valence-corrected chi connectivity index (χ3v) is 9.45. The van der Waals surface area contributed by atoms with Crippen LogP contribution in [0.5, 0.6) is 5.75 Å². The van der Waals surface area contributed by atoms with Crippen molar-refractivity contribution in [3.05, 3.63) is 88.9 Å². The molecule has 41 heavy (non-hydrogen) atoms. The largest absolute Gasteiger partial charge is 0.497 e. The van der Waals surface area contributed by atoms with Crippen molar-refractivity contribution in [3.8, 4) is 5.75 Å². The molecule has 0 aromatic heterocycles. The molecule has 1 aliphatic rings. The molecule has 3 aromatic rings. The van der Waals surface area contributed by atoms with Crippen LogP contribution in [0.25, 0.3) is 0 Å². The molecule has 0 saturated heterocycles. The maximum atomic E-state index is 14.1. The van der Waals surface area contributed by atoms with Gasteiger partial charge in [-0.3, -0.25) is 13.9 Å². The van der Waals surface area contributed by atoms with Crippen molar-refractivity contribution in [3.63, 3.8) is 0 Å². The number of halogens is 1.